The Hall–Kier alpha value is -1.18. The lowest BCUT2D eigenvalue weighted by Crippen LogP contribution is -2.62. The Morgan fingerprint density at radius 2 is 2.00 bits per heavy atom. The zero-order chi connectivity index (χ0) is 21.0. The van der Waals surface area contributed by atoms with Crippen LogP contribution in [0.4, 0.5) is 4.39 Å². The van der Waals surface area contributed by atoms with Crippen molar-refractivity contribution < 1.29 is 22.7 Å². The molecule has 3 atom stereocenters. The predicted molar refractivity (Wildman–Crippen MR) is 110 cm³/mol. The quantitative estimate of drug-likeness (QED) is 0.647. The van der Waals surface area contributed by atoms with Crippen LogP contribution in [-0.4, -0.2) is 32.1 Å². The van der Waals surface area contributed by atoms with Gasteiger partial charge >= 0.3 is 0 Å². The third kappa shape index (κ3) is 4.19. The SMILES string of the molecule is CC(C)(Oc1ccc(F)cc1Cl)C(=O)NC1C2CC3CC1CC(CS(=O)O)(C3)C2. The number of rotatable bonds is 6. The molecule has 1 aromatic carbocycles. The number of benzene rings is 1. The van der Waals surface area contributed by atoms with Gasteiger partial charge in [-0.15, -0.1) is 0 Å². The summed E-state index contributed by atoms with van der Waals surface area (Å²) in [5, 5.41) is 3.33. The molecular weight excluding hydrogens is 417 g/mol. The highest BCUT2D eigenvalue weighted by Gasteiger charge is 2.56. The van der Waals surface area contributed by atoms with Crippen LogP contribution in [0.3, 0.4) is 0 Å². The van der Waals surface area contributed by atoms with Gasteiger partial charge in [-0.1, -0.05) is 11.6 Å². The lowest BCUT2D eigenvalue weighted by molar-refractivity contribution is -0.140. The van der Waals surface area contributed by atoms with E-state index in [9.17, 15) is 17.9 Å². The van der Waals surface area contributed by atoms with Gasteiger partial charge in [0, 0.05) is 6.04 Å². The van der Waals surface area contributed by atoms with Crippen molar-refractivity contribution in [3.8, 4) is 5.75 Å². The van der Waals surface area contributed by atoms with E-state index in [0.29, 0.717) is 23.5 Å². The first kappa shape index (κ1) is 21.1. The smallest absolute Gasteiger partial charge is 0.263 e. The van der Waals surface area contributed by atoms with E-state index in [2.05, 4.69) is 5.32 Å². The molecule has 2 N–H and O–H groups in total. The normalized spacial score (nSPS) is 34.1. The summed E-state index contributed by atoms with van der Waals surface area (Å²) in [6, 6.07) is 3.89. The summed E-state index contributed by atoms with van der Waals surface area (Å²) in [5.74, 6) is 1.17. The van der Waals surface area contributed by atoms with Crippen LogP contribution in [0.1, 0.15) is 46.0 Å². The summed E-state index contributed by atoms with van der Waals surface area (Å²) in [5.41, 5.74) is -1.22. The Kier molecular flexibility index (Phi) is 5.45. The largest absolute Gasteiger partial charge is 0.476 e. The Labute approximate surface area is 178 Å². The molecule has 4 aliphatic rings. The van der Waals surface area contributed by atoms with Gasteiger partial charge in [-0.2, -0.15) is 0 Å². The van der Waals surface area contributed by atoms with Crippen LogP contribution in [0.2, 0.25) is 5.02 Å². The molecule has 0 spiro atoms. The van der Waals surface area contributed by atoms with E-state index in [-0.39, 0.29) is 28.1 Å². The standard InChI is InChI=1S/C21H27ClFNO4S/c1-20(2,28-17-4-3-15(23)7-16(17)22)19(25)24-18-13-5-12-6-14(18)10-21(8-12,9-13)11-29(26)27/h3-4,7,12-14,18H,5-6,8-11H2,1-2H3,(H,24,25)(H,26,27). The molecule has 4 aliphatic carbocycles. The molecule has 4 bridgehead atoms. The number of halogens is 2. The van der Waals surface area contributed by atoms with Crippen LogP contribution >= 0.6 is 11.6 Å². The van der Waals surface area contributed by atoms with E-state index >= 15 is 0 Å². The number of ether oxygens (including phenoxy) is 1. The fraction of sp³-hybridized carbons (Fsp3) is 0.667. The lowest BCUT2D eigenvalue weighted by atomic mass is 9.48. The Bertz CT molecular complexity index is 832. The molecule has 0 saturated heterocycles. The fourth-order valence-electron chi connectivity index (χ4n) is 6.07. The summed E-state index contributed by atoms with van der Waals surface area (Å²) in [4.78, 5) is 13.1. The third-order valence-electron chi connectivity index (χ3n) is 6.93. The summed E-state index contributed by atoms with van der Waals surface area (Å²) in [6.45, 7) is 3.35. The number of nitrogens with one attached hydrogen (secondary N) is 1. The van der Waals surface area contributed by atoms with Crippen molar-refractivity contribution in [2.24, 2.45) is 23.2 Å². The van der Waals surface area contributed by atoms with Gasteiger partial charge < -0.3 is 14.6 Å². The van der Waals surface area contributed by atoms with Crippen LogP contribution in [0.5, 0.6) is 5.75 Å². The minimum Gasteiger partial charge on any atom is -0.476 e. The number of amides is 1. The second-order valence-electron chi connectivity index (χ2n) is 9.62. The highest BCUT2D eigenvalue weighted by molar-refractivity contribution is 7.79. The minimum atomic E-state index is -1.79. The van der Waals surface area contributed by atoms with Crippen molar-refractivity contribution in [2.75, 3.05) is 5.75 Å². The maximum Gasteiger partial charge on any atom is 0.263 e. The molecule has 160 valence electrons. The van der Waals surface area contributed by atoms with Gasteiger partial charge in [0.25, 0.3) is 5.91 Å². The molecule has 0 heterocycles. The number of hydrogen-bond donors (Lipinski definition) is 2. The summed E-state index contributed by atoms with van der Waals surface area (Å²) in [7, 11) is 0. The molecular formula is C21H27ClFNO4S. The maximum atomic E-state index is 13.3. The monoisotopic (exact) mass is 443 g/mol. The highest BCUT2D eigenvalue weighted by atomic mass is 35.5. The molecule has 4 fully saturated rings. The predicted octanol–water partition coefficient (Wildman–Crippen LogP) is 4.17. The molecule has 0 aliphatic heterocycles. The van der Waals surface area contributed by atoms with Gasteiger partial charge in [0.1, 0.15) is 11.6 Å². The van der Waals surface area contributed by atoms with Gasteiger partial charge in [-0.25, -0.2) is 8.60 Å². The summed E-state index contributed by atoms with van der Waals surface area (Å²) >= 11 is 4.26. The number of hydrogen-bond acceptors (Lipinski definition) is 3. The van der Waals surface area contributed by atoms with Gasteiger partial charge in [0.05, 0.1) is 10.8 Å². The van der Waals surface area contributed by atoms with Crippen LogP contribution in [-0.2, 0) is 15.9 Å². The van der Waals surface area contributed by atoms with Crippen molar-refractivity contribution in [1.82, 2.24) is 5.32 Å². The topological polar surface area (TPSA) is 75.6 Å². The maximum absolute atomic E-state index is 13.3. The minimum absolute atomic E-state index is 0.0506. The van der Waals surface area contributed by atoms with Crippen LogP contribution in [0.15, 0.2) is 18.2 Å². The lowest BCUT2D eigenvalue weighted by Gasteiger charge is -2.60. The first-order valence-electron chi connectivity index (χ1n) is 10.1. The zero-order valence-electron chi connectivity index (χ0n) is 16.6. The molecule has 5 rings (SSSR count). The summed E-state index contributed by atoms with van der Waals surface area (Å²) in [6.07, 6.45) is 4.94. The van der Waals surface area contributed by atoms with Gasteiger partial charge in [-0.05, 0) is 87.3 Å². The zero-order valence-corrected chi connectivity index (χ0v) is 18.2. The molecule has 0 radical (unpaired) electrons. The van der Waals surface area contributed by atoms with Crippen molar-refractivity contribution in [3.63, 3.8) is 0 Å². The van der Waals surface area contributed by atoms with E-state index < -0.39 is 22.5 Å². The highest BCUT2D eigenvalue weighted by Crippen LogP contribution is 2.60. The average molecular weight is 444 g/mol. The average Bonchev–Trinajstić information content (AvgIpc) is 2.58. The van der Waals surface area contributed by atoms with E-state index in [4.69, 9.17) is 16.3 Å². The molecule has 3 unspecified atom stereocenters. The van der Waals surface area contributed by atoms with Crippen molar-refractivity contribution >= 4 is 28.6 Å². The van der Waals surface area contributed by atoms with Crippen LogP contribution < -0.4 is 10.1 Å². The van der Waals surface area contributed by atoms with E-state index in [1.54, 1.807) is 13.8 Å². The molecule has 1 amide bonds. The molecule has 4 saturated carbocycles. The van der Waals surface area contributed by atoms with E-state index in [1.165, 1.54) is 12.1 Å². The van der Waals surface area contributed by atoms with Crippen LogP contribution in [0.25, 0.3) is 0 Å². The molecule has 1 aromatic rings. The molecule has 29 heavy (non-hydrogen) atoms. The van der Waals surface area contributed by atoms with Gasteiger partial charge in [-0.3, -0.25) is 4.79 Å². The first-order valence-corrected chi connectivity index (χ1v) is 11.7. The van der Waals surface area contributed by atoms with Gasteiger partial charge in [0.2, 0.25) is 0 Å². The Balaban J connectivity index is 1.45. The van der Waals surface area contributed by atoms with E-state index in [1.807, 2.05) is 0 Å². The Morgan fingerprint density at radius 3 is 2.59 bits per heavy atom. The number of carbonyl (C=O) groups excluding carboxylic acids is 1. The first-order chi connectivity index (χ1) is 13.6. The molecule has 0 aromatic heterocycles. The number of carbonyl (C=O) groups is 1. The van der Waals surface area contributed by atoms with E-state index in [0.717, 1.165) is 38.2 Å². The Morgan fingerprint density at radius 1 is 1.34 bits per heavy atom. The molecule has 5 nitrogen and oxygen atoms in total. The van der Waals surface area contributed by atoms with Crippen molar-refractivity contribution in [3.05, 3.63) is 29.0 Å². The second kappa shape index (κ2) is 7.50. The summed E-state index contributed by atoms with van der Waals surface area (Å²) < 4.78 is 40.1. The third-order valence-corrected chi connectivity index (χ3v) is 8.09. The van der Waals surface area contributed by atoms with Crippen molar-refractivity contribution in [1.29, 1.82) is 0 Å². The van der Waals surface area contributed by atoms with Gasteiger partial charge in [0.15, 0.2) is 16.7 Å². The fourth-order valence-corrected chi connectivity index (χ4v) is 7.15. The van der Waals surface area contributed by atoms with Crippen molar-refractivity contribution in [2.45, 2.75) is 57.6 Å². The molecule has 8 heteroatoms. The second-order valence-corrected chi connectivity index (χ2v) is 11.0. The van der Waals surface area contributed by atoms with Crippen LogP contribution in [0, 0.1) is 29.0 Å².